The van der Waals surface area contributed by atoms with Crippen molar-refractivity contribution in [3.63, 3.8) is 0 Å². The summed E-state index contributed by atoms with van der Waals surface area (Å²) in [6.45, 7) is 7.10. The number of hydrogen-bond donors (Lipinski definition) is 2. The highest BCUT2D eigenvalue weighted by molar-refractivity contribution is 9.09. The zero-order valence-electron chi connectivity index (χ0n) is 29.2. The Morgan fingerprint density at radius 1 is 1.04 bits per heavy atom. The lowest BCUT2D eigenvalue weighted by atomic mass is 10.2. The fraction of sp³-hybridized carbons (Fsp3) is 0.324. The van der Waals surface area contributed by atoms with Crippen LogP contribution in [0.1, 0.15) is 32.6 Å². The van der Waals surface area contributed by atoms with E-state index in [9.17, 15) is 9.59 Å². The predicted molar refractivity (Wildman–Crippen MR) is 204 cm³/mol. The molecule has 5 aromatic rings. The fourth-order valence-electron chi connectivity index (χ4n) is 6.41. The number of ether oxygens (including phenoxy) is 2. The number of hydrogen-bond acceptors (Lipinski definition) is 8. The van der Waals surface area contributed by atoms with E-state index in [1.54, 1.807) is 9.47 Å². The van der Waals surface area contributed by atoms with E-state index < -0.39 is 43.2 Å². The van der Waals surface area contributed by atoms with Gasteiger partial charge in [-0.1, -0.05) is 128 Å². The minimum Gasteiger partial charge on any atom is -0.440 e. The van der Waals surface area contributed by atoms with Gasteiger partial charge in [-0.05, 0) is 21.0 Å². The number of rotatable bonds is 11. The van der Waals surface area contributed by atoms with Crippen LogP contribution in [0.3, 0.4) is 0 Å². The Bertz CT molecular complexity index is 1980. The molecule has 1 amide bonds. The van der Waals surface area contributed by atoms with Crippen LogP contribution in [0, 0.1) is 0 Å². The molecule has 3 aromatic carbocycles. The highest BCUT2D eigenvalue weighted by Gasteiger charge is 2.53. The number of H-pyrrole nitrogens is 1. The molecule has 1 saturated heterocycles. The average molecular weight is 773 g/mol. The van der Waals surface area contributed by atoms with E-state index in [0.29, 0.717) is 0 Å². The van der Waals surface area contributed by atoms with Crippen LogP contribution >= 0.6 is 15.9 Å². The van der Waals surface area contributed by atoms with Gasteiger partial charge in [0.1, 0.15) is 0 Å². The number of imidazole rings is 1. The van der Waals surface area contributed by atoms with Gasteiger partial charge in [-0.2, -0.15) is 4.98 Å². The summed E-state index contributed by atoms with van der Waals surface area (Å²) >= 11 is 3.84. The molecule has 1 fully saturated rings. The number of carbonyl (C=O) groups is 1. The normalized spacial score (nSPS) is 19.4. The fourth-order valence-corrected chi connectivity index (χ4v) is 11.6. The van der Waals surface area contributed by atoms with Crippen LogP contribution < -0.4 is 21.2 Å². The van der Waals surface area contributed by atoms with Gasteiger partial charge in [0.2, 0.25) is 5.95 Å². The Morgan fingerprint density at radius 3 is 2.24 bits per heavy atom. The van der Waals surface area contributed by atoms with Crippen LogP contribution in [0.5, 0.6) is 0 Å². The molecule has 2 aromatic heterocycles. The van der Waals surface area contributed by atoms with Crippen molar-refractivity contribution in [3.8, 4) is 0 Å². The predicted octanol–water partition coefficient (Wildman–Crippen LogP) is 4.87. The Labute approximate surface area is 306 Å². The van der Waals surface area contributed by atoms with Gasteiger partial charge in [0.25, 0.3) is 13.9 Å². The summed E-state index contributed by atoms with van der Waals surface area (Å²) in [4.78, 5) is 43.5. The molecule has 266 valence electrons. The standard InChI is InChI=1S/C37H42BrN7O5Si/c1-37(2,3)51(26-17-11-7-12-18-26,27-19-13-8-14-20-27)48-22-28-29(38)31(50-36(47)39-21-25-15-9-6-10-16-25)34(49-28)45-24-40-30-32(45)42-35(43-33(30)46)41-23-44(4)5/h6-20,23-24,28-29,31,34H,21-22H2,1-5H3,(H,39,47)(H,42,43,46)/t28-,29+,31-,34-/m1/s1. The molecule has 12 nitrogen and oxygen atoms in total. The number of benzene rings is 3. The molecule has 3 heterocycles. The molecule has 0 saturated carbocycles. The Balaban J connectivity index is 1.35. The van der Waals surface area contributed by atoms with E-state index in [4.69, 9.17) is 13.9 Å². The van der Waals surface area contributed by atoms with Crippen LogP contribution in [-0.2, 0) is 20.4 Å². The van der Waals surface area contributed by atoms with E-state index in [1.807, 2.05) is 80.8 Å². The molecule has 51 heavy (non-hydrogen) atoms. The largest absolute Gasteiger partial charge is 0.440 e. The maximum Gasteiger partial charge on any atom is 0.407 e. The minimum atomic E-state index is -2.93. The second-order valence-electron chi connectivity index (χ2n) is 13.6. The smallest absolute Gasteiger partial charge is 0.407 e. The van der Waals surface area contributed by atoms with Crippen LogP contribution in [0.15, 0.2) is 107 Å². The Morgan fingerprint density at radius 2 is 1.65 bits per heavy atom. The van der Waals surface area contributed by atoms with E-state index in [-0.39, 0.29) is 35.3 Å². The molecule has 1 aliphatic rings. The molecule has 0 bridgehead atoms. The third kappa shape index (κ3) is 7.69. The molecule has 6 rings (SSSR count). The molecule has 14 heteroatoms. The number of aromatic amines is 1. The van der Waals surface area contributed by atoms with E-state index in [2.05, 4.69) is 86.2 Å². The Hall–Kier alpha value is -4.63. The first-order valence-electron chi connectivity index (χ1n) is 16.7. The number of aromatic nitrogens is 4. The summed E-state index contributed by atoms with van der Waals surface area (Å²) < 4.78 is 21.7. The van der Waals surface area contributed by atoms with Gasteiger partial charge >= 0.3 is 6.09 Å². The number of nitrogens with zero attached hydrogens (tertiary/aromatic N) is 5. The van der Waals surface area contributed by atoms with Crippen molar-refractivity contribution in [2.45, 2.75) is 55.6 Å². The lowest BCUT2D eigenvalue weighted by Crippen LogP contribution is -2.67. The lowest BCUT2D eigenvalue weighted by Gasteiger charge is -2.43. The number of alkyl halides is 1. The van der Waals surface area contributed by atoms with E-state index in [1.165, 1.54) is 12.7 Å². The summed E-state index contributed by atoms with van der Waals surface area (Å²) in [6, 6.07) is 30.3. The third-order valence-corrected chi connectivity index (χ3v) is 14.9. The summed E-state index contributed by atoms with van der Waals surface area (Å²) in [5.41, 5.74) is 0.812. The van der Waals surface area contributed by atoms with E-state index in [0.717, 1.165) is 15.9 Å². The molecule has 1 aliphatic heterocycles. The van der Waals surface area contributed by atoms with Gasteiger partial charge in [0, 0.05) is 20.6 Å². The second kappa shape index (κ2) is 15.3. The minimum absolute atomic E-state index is 0.0981. The van der Waals surface area contributed by atoms with Gasteiger partial charge < -0.3 is 24.1 Å². The van der Waals surface area contributed by atoms with Crippen LogP contribution in [0.25, 0.3) is 11.2 Å². The number of amides is 1. The van der Waals surface area contributed by atoms with Crippen molar-refractivity contribution in [2.75, 3.05) is 20.7 Å². The average Bonchev–Trinajstić information content (AvgIpc) is 3.68. The monoisotopic (exact) mass is 771 g/mol. The summed E-state index contributed by atoms with van der Waals surface area (Å²) in [5.74, 6) is 0.0981. The Kier molecular flexibility index (Phi) is 10.9. The van der Waals surface area contributed by atoms with Crippen molar-refractivity contribution in [1.29, 1.82) is 0 Å². The van der Waals surface area contributed by atoms with Crippen molar-refractivity contribution in [2.24, 2.45) is 4.99 Å². The van der Waals surface area contributed by atoms with E-state index >= 15 is 0 Å². The molecule has 4 atom stereocenters. The number of fused-ring (bicyclic) bond motifs is 1. The summed E-state index contributed by atoms with van der Waals surface area (Å²) in [7, 11) is 0.691. The van der Waals surface area contributed by atoms with Gasteiger partial charge in [0.05, 0.1) is 30.2 Å². The summed E-state index contributed by atoms with van der Waals surface area (Å²) in [6.07, 6.45) is 0.0407. The number of aliphatic imine (C=N–C) groups is 1. The highest BCUT2D eigenvalue weighted by Crippen LogP contribution is 2.41. The molecule has 0 spiro atoms. The topological polar surface area (TPSA) is 136 Å². The molecule has 0 unspecified atom stereocenters. The van der Waals surface area contributed by atoms with Crippen molar-refractivity contribution >= 4 is 64.2 Å². The molecular formula is C37H42BrN7O5Si. The molecule has 2 N–H and O–H groups in total. The number of halogens is 1. The maximum atomic E-state index is 13.3. The second-order valence-corrected chi connectivity index (χ2v) is 19.0. The number of carbonyl (C=O) groups excluding carboxylic acids is 1. The quantitative estimate of drug-likeness (QED) is 0.0841. The van der Waals surface area contributed by atoms with Gasteiger partial charge in [-0.25, -0.2) is 14.8 Å². The molecule has 0 aliphatic carbocycles. The summed E-state index contributed by atoms with van der Waals surface area (Å²) in [5, 5.41) is 4.85. The van der Waals surface area contributed by atoms with Crippen molar-refractivity contribution < 1.29 is 18.7 Å². The van der Waals surface area contributed by atoms with Crippen molar-refractivity contribution in [3.05, 3.63) is 113 Å². The highest BCUT2D eigenvalue weighted by atomic mass is 79.9. The molecule has 0 radical (unpaired) electrons. The maximum absolute atomic E-state index is 13.3. The first-order valence-corrected chi connectivity index (χ1v) is 19.5. The van der Waals surface area contributed by atoms with Gasteiger partial charge in [-0.15, -0.1) is 0 Å². The zero-order chi connectivity index (χ0) is 36.2. The number of alkyl carbamates (subject to hydrolysis) is 1. The van der Waals surface area contributed by atoms with Crippen molar-refractivity contribution in [1.82, 2.24) is 29.7 Å². The number of nitrogens with one attached hydrogen (secondary N) is 2. The zero-order valence-corrected chi connectivity index (χ0v) is 31.8. The van der Waals surface area contributed by atoms with Crippen LogP contribution in [0.4, 0.5) is 10.7 Å². The third-order valence-electron chi connectivity index (χ3n) is 8.77. The lowest BCUT2D eigenvalue weighted by molar-refractivity contribution is -0.0500. The first kappa shape index (κ1) is 36.2. The van der Waals surface area contributed by atoms with Gasteiger partial charge in [-0.3, -0.25) is 14.3 Å². The SMILES string of the molecule is CN(C)C=Nc1nc2c(ncn2[C@@H]2O[C@H](CO[Si](c3ccccc3)(c3ccccc3)C(C)(C)C)[C@H](Br)[C@H]2OC(=O)NCc2ccccc2)c(=O)[nH]1. The first-order chi connectivity index (χ1) is 24.5. The van der Waals surface area contributed by atoms with Gasteiger partial charge in [0.15, 0.2) is 23.5 Å². The molecular weight excluding hydrogens is 730 g/mol. The van der Waals surface area contributed by atoms with Crippen LogP contribution in [-0.4, -0.2) is 82.9 Å². The van der Waals surface area contributed by atoms with Crippen LogP contribution in [0.2, 0.25) is 5.04 Å².